The van der Waals surface area contributed by atoms with Gasteiger partial charge in [0.15, 0.2) is 0 Å². The molecule has 154 valence electrons. The molecule has 0 aliphatic carbocycles. The predicted octanol–water partition coefficient (Wildman–Crippen LogP) is 4.51. The average molecular weight is 413 g/mol. The number of benzene rings is 2. The van der Waals surface area contributed by atoms with E-state index in [1.807, 2.05) is 0 Å². The van der Waals surface area contributed by atoms with Crippen LogP contribution in [0.3, 0.4) is 0 Å². The summed E-state index contributed by atoms with van der Waals surface area (Å²) in [6.07, 6.45) is 1.54. The zero-order valence-corrected chi connectivity index (χ0v) is 15.9. The monoisotopic (exact) mass is 413 g/mol. The van der Waals surface area contributed by atoms with E-state index in [4.69, 9.17) is 4.74 Å². The number of nitro benzene ring substituents is 1. The fraction of sp³-hybridized carbons (Fsp3) is 0.143. The van der Waals surface area contributed by atoms with Crippen molar-refractivity contribution < 1.29 is 23.2 Å². The van der Waals surface area contributed by atoms with Crippen LogP contribution in [0.5, 0.6) is 5.75 Å². The van der Waals surface area contributed by atoms with Gasteiger partial charge in [0.25, 0.3) is 5.69 Å². The van der Waals surface area contributed by atoms with Gasteiger partial charge in [-0.1, -0.05) is 0 Å². The second kappa shape index (κ2) is 9.08. The Morgan fingerprint density at radius 3 is 2.53 bits per heavy atom. The number of carbonyl (C=O) groups is 1. The molecule has 0 spiro atoms. The van der Waals surface area contributed by atoms with Crippen LogP contribution in [0, 0.1) is 21.7 Å². The highest BCUT2D eigenvalue weighted by atomic mass is 19.1. The molecule has 0 bridgehead atoms. The summed E-state index contributed by atoms with van der Waals surface area (Å²) in [7, 11) is 1.41. The number of hydrogen-bond donors (Lipinski definition) is 1. The highest BCUT2D eigenvalue weighted by molar-refractivity contribution is 5.90. The molecule has 1 heterocycles. The molecule has 30 heavy (non-hydrogen) atoms. The van der Waals surface area contributed by atoms with E-state index < -0.39 is 22.5 Å². The fourth-order valence-corrected chi connectivity index (χ4v) is 2.92. The third-order valence-electron chi connectivity index (χ3n) is 4.30. The number of hydrogen-bond acceptors (Lipinski definition) is 5. The minimum absolute atomic E-state index is 0.0164. The minimum Gasteiger partial charge on any atom is -0.497 e. The lowest BCUT2D eigenvalue weighted by Crippen LogP contribution is -2.13. The van der Waals surface area contributed by atoms with Gasteiger partial charge in [0, 0.05) is 18.7 Å². The lowest BCUT2D eigenvalue weighted by atomic mass is 10.0. The van der Waals surface area contributed by atoms with Crippen LogP contribution < -0.4 is 10.1 Å². The van der Waals surface area contributed by atoms with Crippen LogP contribution in [0.1, 0.15) is 12.0 Å². The van der Waals surface area contributed by atoms with Crippen LogP contribution in [-0.2, 0) is 11.2 Å². The molecule has 7 nitrogen and oxygen atoms in total. The number of anilines is 1. The van der Waals surface area contributed by atoms with Crippen molar-refractivity contribution in [3.05, 3.63) is 82.0 Å². The molecule has 0 aliphatic heterocycles. The fourth-order valence-electron chi connectivity index (χ4n) is 2.92. The smallest absolute Gasteiger partial charge is 0.280 e. The Morgan fingerprint density at radius 1 is 1.13 bits per heavy atom. The van der Waals surface area contributed by atoms with Crippen LogP contribution >= 0.6 is 0 Å². The van der Waals surface area contributed by atoms with Crippen molar-refractivity contribution in [2.24, 2.45) is 0 Å². The Bertz CT molecular complexity index is 1090. The Morgan fingerprint density at radius 2 is 1.87 bits per heavy atom. The molecule has 3 aromatic rings. The zero-order chi connectivity index (χ0) is 21.7. The van der Waals surface area contributed by atoms with E-state index in [2.05, 4.69) is 10.3 Å². The molecule has 0 saturated heterocycles. The molecular weight excluding hydrogens is 396 g/mol. The second-order valence-electron chi connectivity index (χ2n) is 6.40. The van der Waals surface area contributed by atoms with E-state index in [0.29, 0.717) is 22.4 Å². The first-order valence-corrected chi connectivity index (χ1v) is 8.89. The molecule has 0 radical (unpaired) electrons. The van der Waals surface area contributed by atoms with Gasteiger partial charge >= 0.3 is 0 Å². The van der Waals surface area contributed by atoms with Crippen LogP contribution in [0.25, 0.3) is 11.1 Å². The molecule has 0 aliphatic rings. The Balaban J connectivity index is 1.74. The van der Waals surface area contributed by atoms with E-state index in [0.717, 1.165) is 18.2 Å². The molecule has 1 amide bonds. The van der Waals surface area contributed by atoms with Crippen LogP contribution in [0.15, 0.2) is 54.7 Å². The molecule has 9 heteroatoms. The minimum atomic E-state index is -0.708. The summed E-state index contributed by atoms with van der Waals surface area (Å²) in [6, 6.07) is 10.6. The zero-order valence-electron chi connectivity index (χ0n) is 15.9. The largest absolute Gasteiger partial charge is 0.497 e. The van der Waals surface area contributed by atoms with E-state index >= 15 is 0 Å². The Kier molecular flexibility index (Phi) is 6.31. The van der Waals surface area contributed by atoms with Crippen molar-refractivity contribution in [3.63, 3.8) is 0 Å². The summed E-state index contributed by atoms with van der Waals surface area (Å²) in [6.45, 7) is 0. The van der Waals surface area contributed by atoms with Crippen LogP contribution in [0.2, 0.25) is 0 Å². The van der Waals surface area contributed by atoms with Gasteiger partial charge in [-0.25, -0.2) is 13.8 Å². The van der Waals surface area contributed by atoms with Gasteiger partial charge in [-0.15, -0.1) is 0 Å². The molecule has 0 saturated carbocycles. The summed E-state index contributed by atoms with van der Waals surface area (Å²) in [5.41, 5.74) is 1.04. The third kappa shape index (κ3) is 5.13. The topological polar surface area (TPSA) is 94.4 Å². The van der Waals surface area contributed by atoms with Crippen molar-refractivity contribution in [2.45, 2.75) is 12.8 Å². The van der Waals surface area contributed by atoms with Crippen molar-refractivity contribution in [1.82, 2.24) is 4.98 Å². The summed E-state index contributed by atoms with van der Waals surface area (Å²) in [5, 5.41) is 14.0. The average Bonchev–Trinajstić information content (AvgIpc) is 2.71. The van der Waals surface area contributed by atoms with E-state index in [9.17, 15) is 23.7 Å². The quantitative estimate of drug-likeness (QED) is 0.454. The van der Waals surface area contributed by atoms with Gasteiger partial charge in [-0.3, -0.25) is 14.9 Å². The van der Waals surface area contributed by atoms with Gasteiger partial charge in [0.2, 0.25) is 5.91 Å². The van der Waals surface area contributed by atoms with Gasteiger partial charge in [-0.2, -0.15) is 0 Å². The molecular formula is C21H17F2N3O4. The number of nitro groups is 1. The standard InChI is InChI=1S/C21H17F2N3O4/c1-30-17-3-4-18(19(12-17)26(28)29)14-6-7-24-20(10-14)25-21(27)5-2-13-8-15(22)11-16(23)9-13/h3-4,6-12H,2,5H2,1H3,(H,24,25,27). The Hall–Kier alpha value is -3.88. The van der Waals surface area contributed by atoms with Crippen molar-refractivity contribution in [2.75, 3.05) is 12.4 Å². The first-order valence-electron chi connectivity index (χ1n) is 8.89. The number of carbonyl (C=O) groups excluding carboxylic acids is 1. The number of nitrogens with zero attached hydrogens (tertiary/aromatic N) is 2. The molecule has 3 rings (SSSR count). The highest BCUT2D eigenvalue weighted by Gasteiger charge is 2.17. The summed E-state index contributed by atoms with van der Waals surface area (Å²) in [5.74, 6) is -1.27. The first-order chi connectivity index (χ1) is 14.4. The number of pyridine rings is 1. The summed E-state index contributed by atoms with van der Waals surface area (Å²) >= 11 is 0. The maximum Gasteiger partial charge on any atom is 0.280 e. The molecule has 0 unspecified atom stereocenters. The lowest BCUT2D eigenvalue weighted by Gasteiger charge is -2.09. The lowest BCUT2D eigenvalue weighted by molar-refractivity contribution is -0.384. The van der Waals surface area contributed by atoms with Gasteiger partial charge in [0.05, 0.1) is 23.7 Å². The number of amides is 1. The van der Waals surface area contributed by atoms with Gasteiger partial charge in [-0.05, 0) is 53.9 Å². The number of methoxy groups -OCH3 is 1. The van der Waals surface area contributed by atoms with Crippen LogP contribution in [-0.4, -0.2) is 22.9 Å². The first kappa shape index (κ1) is 20.8. The van der Waals surface area contributed by atoms with E-state index in [-0.39, 0.29) is 24.3 Å². The number of rotatable bonds is 7. The van der Waals surface area contributed by atoms with Crippen molar-refractivity contribution in [1.29, 1.82) is 0 Å². The molecule has 1 aromatic heterocycles. The van der Waals surface area contributed by atoms with Gasteiger partial charge < -0.3 is 10.1 Å². The normalized spacial score (nSPS) is 10.5. The second-order valence-corrected chi connectivity index (χ2v) is 6.40. The molecule has 0 fully saturated rings. The molecule has 2 aromatic carbocycles. The molecule has 1 N–H and O–H groups in total. The van der Waals surface area contributed by atoms with E-state index in [1.54, 1.807) is 18.2 Å². The maximum absolute atomic E-state index is 13.2. The summed E-state index contributed by atoms with van der Waals surface area (Å²) in [4.78, 5) is 27.1. The SMILES string of the molecule is COc1ccc(-c2ccnc(NC(=O)CCc3cc(F)cc(F)c3)c2)c([N+](=O)[O-])c1. The van der Waals surface area contributed by atoms with Crippen LogP contribution in [0.4, 0.5) is 20.3 Å². The summed E-state index contributed by atoms with van der Waals surface area (Å²) < 4.78 is 31.5. The number of aromatic nitrogens is 1. The van der Waals surface area contributed by atoms with Crippen molar-refractivity contribution >= 4 is 17.4 Å². The maximum atomic E-state index is 13.2. The number of ether oxygens (including phenoxy) is 1. The number of aryl methyl sites for hydroxylation is 1. The highest BCUT2D eigenvalue weighted by Crippen LogP contribution is 2.33. The van der Waals surface area contributed by atoms with E-state index in [1.165, 1.54) is 25.4 Å². The van der Waals surface area contributed by atoms with Crippen molar-refractivity contribution in [3.8, 4) is 16.9 Å². The number of halogens is 2. The van der Waals surface area contributed by atoms with Gasteiger partial charge in [0.1, 0.15) is 23.2 Å². The third-order valence-corrected chi connectivity index (χ3v) is 4.30. The predicted molar refractivity (Wildman–Crippen MR) is 106 cm³/mol. The Labute approximate surface area is 170 Å². The number of nitrogens with one attached hydrogen (secondary N) is 1. The molecule has 0 atom stereocenters.